The molecule has 0 bridgehead atoms. The first-order valence-electron chi connectivity index (χ1n) is 9.08. The van der Waals surface area contributed by atoms with Gasteiger partial charge in [-0.1, -0.05) is 18.0 Å². The molecule has 144 valence electrons. The van der Waals surface area contributed by atoms with E-state index in [1.165, 1.54) is 17.1 Å². The number of nitrogens with one attached hydrogen (secondary N) is 1. The van der Waals surface area contributed by atoms with Crippen molar-refractivity contribution in [3.8, 4) is 5.75 Å². The number of anilines is 1. The van der Waals surface area contributed by atoms with E-state index < -0.39 is 16.1 Å². The largest absolute Gasteiger partial charge is 0.489 e. The summed E-state index contributed by atoms with van der Waals surface area (Å²) < 4.78 is 31.0. The summed E-state index contributed by atoms with van der Waals surface area (Å²) in [7, 11) is -3.41. The molecule has 8 heteroatoms. The zero-order valence-electron chi connectivity index (χ0n) is 14.9. The van der Waals surface area contributed by atoms with E-state index >= 15 is 0 Å². The highest BCUT2D eigenvalue weighted by atomic mass is 35.5. The Bertz CT molecular complexity index is 762. The molecule has 1 amide bonds. The molecule has 3 rings (SSSR count). The van der Waals surface area contributed by atoms with Gasteiger partial charge in [0.15, 0.2) is 0 Å². The van der Waals surface area contributed by atoms with Gasteiger partial charge in [0.05, 0.1) is 17.4 Å². The number of benzene rings is 1. The van der Waals surface area contributed by atoms with Crippen molar-refractivity contribution in [1.29, 1.82) is 0 Å². The van der Waals surface area contributed by atoms with Crippen LogP contribution in [0.4, 0.5) is 5.69 Å². The van der Waals surface area contributed by atoms with Gasteiger partial charge in [-0.2, -0.15) is 4.31 Å². The normalized spacial score (nSPS) is 22.3. The van der Waals surface area contributed by atoms with E-state index in [9.17, 15) is 13.2 Å². The van der Waals surface area contributed by atoms with E-state index in [2.05, 4.69) is 5.32 Å². The molecule has 1 atom stereocenters. The standard InChI is InChI=1S/C18H25ClN2O4S/c1-26(23,24)21-11-5-4-8-16(21)18(22)20-13-9-10-17(15(19)12-13)25-14-6-2-3-7-14/h9-10,12,14,16H,2-8,11H2,1H3,(H,20,22). The predicted molar refractivity (Wildman–Crippen MR) is 102 cm³/mol. The fourth-order valence-corrected chi connectivity index (χ4v) is 5.00. The minimum absolute atomic E-state index is 0.207. The molecule has 0 aromatic heterocycles. The molecule has 1 saturated heterocycles. The predicted octanol–water partition coefficient (Wildman–Crippen LogP) is 3.41. The van der Waals surface area contributed by atoms with Gasteiger partial charge in [-0.3, -0.25) is 4.79 Å². The number of piperidine rings is 1. The Morgan fingerprint density at radius 3 is 2.54 bits per heavy atom. The smallest absolute Gasteiger partial charge is 0.242 e. The molecule has 1 aromatic carbocycles. The first-order valence-corrected chi connectivity index (χ1v) is 11.3. The van der Waals surface area contributed by atoms with Crippen LogP contribution >= 0.6 is 11.6 Å². The summed E-state index contributed by atoms with van der Waals surface area (Å²) in [6.07, 6.45) is 7.91. The fourth-order valence-electron chi connectivity index (χ4n) is 3.65. The van der Waals surface area contributed by atoms with Gasteiger partial charge in [-0.15, -0.1) is 0 Å². The summed E-state index contributed by atoms with van der Waals surface area (Å²) in [6.45, 7) is 0.381. The molecule has 26 heavy (non-hydrogen) atoms. The molecule has 2 fully saturated rings. The van der Waals surface area contributed by atoms with Gasteiger partial charge in [-0.25, -0.2) is 8.42 Å². The lowest BCUT2D eigenvalue weighted by molar-refractivity contribution is -0.120. The minimum Gasteiger partial charge on any atom is -0.489 e. The van der Waals surface area contributed by atoms with Crippen molar-refractivity contribution in [1.82, 2.24) is 4.31 Å². The van der Waals surface area contributed by atoms with Crippen LogP contribution in [0.3, 0.4) is 0 Å². The summed E-state index contributed by atoms with van der Waals surface area (Å²) in [5, 5.41) is 3.23. The number of carbonyl (C=O) groups excluding carboxylic acids is 1. The molecular formula is C18H25ClN2O4S. The number of rotatable bonds is 5. The second kappa shape index (κ2) is 8.15. The highest BCUT2D eigenvalue weighted by Gasteiger charge is 2.34. The second-order valence-corrected chi connectivity index (χ2v) is 9.39. The van der Waals surface area contributed by atoms with Crippen LogP contribution in [0.25, 0.3) is 0 Å². The Morgan fingerprint density at radius 1 is 1.19 bits per heavy atom. The number of ether oxygens (including phenoxy) is 1. The lowest BCUT2D eigenvalue weighted by atomic mass is 10.0. The number of halogens is 1. The molecular weight excluding hydrogens is 376 g/mol. The van der Waals surface area contributed by atoms with Crippen LogP contribution in [0.1, 0.15) is 44.9 Å². The molecule has 1 heterocycles. The molecule has 6 nitrogen and oxygen atoms in total. The summed E-state index contributed by atoms with van der Waals surface area (Å²) in [5.41, 5.74) is 0.540. The van der Waals surface area contributed by atoms with Crippen molar-refractivity contribution in [2.45, 2.75) is 57.1 Å². The topological polar surface area (TPSA) is 75.7 Å². The molecule has 2 aliphatic rings. The van der Waals surface area contributed by atoms with E-state index in [0.29, 0.717) is 29.4 Å². The SMILES string of the molecule is CS(=O)(=O)N1CCCCC1C(=O)Nc1ccc(OC2CCCC2)c(Cl)c1. The maximum absolute atomic E-state index is 12.6. The summed E-state index contributed by atoms with van der Waals surface area (Å²) in [4.78, 5) is 12.6. The van der Waals surface area contributed by atoms with Gasteiger partial charge >= 0.3 is 0 Å². The van der Waals surface area contributed by atoms with Gasteiger partial charge in [0, 0.05) is 12.2 Å². The number of hydrogen-bond acceptors (Lipinski definition) is 4. The van der Waals surface area contributed by atoms with Crippen LogP contribution in [0.5, 0.6) is 5.75 Å². The summed E-state index contributed by atoms with van der Waals surface area (Å²) >= 11 is 6.30. The number of carbonyl (C=O) groups is 1. The van der Waals surface area contributed by atoms with Crippen molar-refractivity contribution in [3.63, 3.8) is 0 Å². The first-order chi connectivity index (χ1) is 12.3. The molecule has 0 radical (unpaired) electrons. The number of nitrogens with zero attached hydrogens (tertiary/aromatic N) is 1. The van der Waals surface area contributed by atoms with Crippen molar-refractivity contribution >= 4 is 33.2 Å². The third-order valence-corrected chi connectivity index (χ3v) is 6.56. The Morgan fingerprint density at radius 2 is 1.88 bits per heavy atom. The van der Waals surface area contributed by atoms with Crippen molar-refractivity contribution in [3.05, 3.63) is 23.2 Å². The van der Waals surface area contributed by atoms with E-state index in [1.54, 1.807) is 18.2 Å². The van der Waals surface area contributed by atoms with E-state index in [4.69, 9.17) is 16.3 Å². The molecule has 1 aliphatic carbocycles. The lowest BCUT2D eigenvalue weighted by Crippen LogP contribution is -2.49. The Labute approximate surface area is 159 Å². The monoisotopic (exact) mass is 400 g/mol. The maximum Gasteiger partial charge on any atom is 0.242 e. The lowest BCUT2D eigenvalue weighted by Gasteiger charge is -2.32. The Kier molecular flexibility index (Phi) is 6.10. The first kappa shape index (κ1) is 19.5. The van der Waals surface area contributed by atoms with Crippen LogP contribution in [0.15, 0.2) is 18.2 Å². The highest BCUT2D eigenvalue weighted by molar-refractivity contribution is 7.88. The van der Waals surface area contributed by atoms with Gasteiger partial charge in [-0.05, 0) is 56.7 Å². The van der Waals surface area contributed by atoms with Crippen LogP contribution in [0, 0.1) is 0 Å². The molecule has 1 aliphatic heterocycles. The van der Waals surface area contributed by atoms with Crippen LogP contribution in [-0.4, -0.2) is 43.6 Å². The summed E-state index contributed by atoms with van der Waals surface area (Å²) in [6, 6.07) is 4.47. The molecule has 1 saturated carbocycles. The van der Waals surface area contributed by atoms with Crippen molar-refractivity contribution in [2.75, 3.05) is 18.1 Å². The third kappa shape index (κ3) is 4.69. The molecule has 1 aromatic rings. The average molecular weight is 401 g/mol. The number of hydrogen-bond donors (Lipinski definition) is 1. The van der Waals surface area contributed by atoms with Crippen LogP contribution in [0.2, 0.25) is 5.02 Å². The van der Waals surface area contributed by atoms with Gasteiger partial charge in [0.2, 0.25) is 15.9 Å². The maximum atomic E-state index is 12.6. The number of amides is 1. The minimum atomic E-state index is -3.41. The second-order valence-electron chi connectivity index (χ2n) is 7.04. The van der Waals surface area contributed by atoms with Crippen LogP contribution < -0.4 is 10.1 Å². The summed E-state index contributed by atoms with van der Waals surface area (Å²) in [5.74, 6) is 0.294. The Balaban J connectivity index is 1.67. The molecule has 1 unspecified atom stereocenters. The fraction of sp³-hybridized carbons (Fsp3) is 0.611. The van der Waals surface area contributed by atoms with E-state index in [-0.39, 0.29) is 12.0 Å². The zero-order chi connectivity index (χ0) is 18.7. The van der Waals surface area contributed by atoms with Gasteiger partial charge < -0.3 is 10.1 Å². The molecule has 0 spiro atoms. The van der Waals surface area contributed by atoms with Crippen molar-refractivity contribution < 1.29 is 17.9 Å². The zero-order valence-corrected chi connectivity index (χ0v) is 16.5. The van der Waals surface area contributed by atoms with E-state index in [1.807, 2.05) is 0 Å². The van der Waals surface area contributed by atoms with Crippen molar-refractivity contribution in [2.24, 2.45) is 0 Å². The molecule has 1 N–H and O–H groups in total. The highest BCUT2D eigenvalue weighted by Crippen LogP contribution is 2.32. The number of sulfonamides is 1. The van der Waals surface area contributed by atoms with Crippen LogP contribution in [-0.2, 0) is 14.8 Å². The Hall–Kier alpha value is -1.31. The van der Waals surface area contributed by atoms with E-state index in [0.717, 1.165) is 31.9 Å². The third-order valence-electron chi connectivity index (χ3n) is 4.98. The van der Waals surface area contributed by atoms with Gasteiger partial charge in [0.1, 0.15) is 11.8 Å². The average Bonchev–Trinajstić information content (AvgIpc) is 3.09. The quantitative estimate of drug-likeness (QED) is 0.821. The van der Waals surface area contributed by atoms with Gasteiger partial charge in [0.25, 0.3) is 0 Å².